The molecule has 0 bridgehead atoms. The Morgan fingerprint density at radius 3 is 2.59 bits per heavy atom. The zero-order chi connectivity index (χ0) is 12.5. The molecule has 98 valence electrons. The first-order chi connectivity index (χ1) is 8.03. The fourth-order valence-corrected chi connectivity index (χ4v) is 2.87. The van der Waals surface area contributed by atoms with E-state index in [2.05, 4.69) is 0 Å². The van der Waals surface area contributed by atoms with Gasteiger partial charge in [0.2, 0.25) is 0 Å². The second kappa shape index (κ2) is 4.94. The van der Waals surface area contributed by atoms with Crippen molar-refractivity contribution in [3.8, 4) is 0 Å². The summed E-state index contributed by atoms with van der Waals surface area (Å²) < 4.78 is 5.59. The minimum absolute atomic E-state index is 0.138. The van der Waals surface area contributed by atoms with Crippen LogP contribution in [0.2, 0.25) is 0 Å². The zero-order valence-corrected chi connectivity index (χ0v) is 10.8. The van der Waals surface area contributed by atoms with E-state index in [1.165, 1.54) is 0 Å². The third kappa shape index (κ3) is 2.63. The summed E-state index contributed by atoms with van der Waals surface area (Å²) >= 11 is 0. The van der Waals surface area contributed by atoms with Crippen LogP contribution in [0.15, 0.2) is 0 Å². The molecule has 2 heterocycles. The van der Waals surface area contributed by atoms with Gasteiger partial charge in [-0.1, -0.05) is 0 Å². The highest BCUT2D eigenvalue weighted by atomic mass is 16.5. The van der Waals surface area contributed by atoms with Crippen LogP contribution in [-0.2, 0) is 9.53 Å². The summed E-state index contributed by atoms with van der Waals surface area (Å²) in [4.78, 5) is 14.2. The Kier molecular flexibility index (Phi) is 3.73. The number of hydrogen-bond acceptors (Lipinski definition) is 3. The number of hydrogen-bond donors (Lipinski definition) is 1. The molecule has 2 aliphatic rings. The van der Waals surface area contributed by atoms with Crippen LogP contribution >= 0.6 is 0 Å². The minimum Gasteiger partial charge on any atom is -0.393 e. The molecule has 2 saturated heterocycles. The number of piperidine rings is 1. The van der Waals surface area contributed by atoms with Crippen molar-refractivity contribution < 1.29 is 14.6 Å². The molecule has 0 aliphatic carbocycles. The van der Waals surface area contributed by atoms with Crippen molar-refractivity contribution in [2.24, 2.45) is 5.92 Å². The van der Waals surface area contributed by atoms with Crippen LogP contribution < -0.4 is 0 Å². The Bertz CT molecular complexity index is 276. The molecular weight excluding hydrogens is 218 g/mol. The number of rotatable bonds is 2. The van der Waals surface area contributed by atoms with Crippen molar-refractivity contribution in [2.75, 3.05) is 19.7 Å². The number of amides is 1. The first kappa shape index (κ1) is 12.8. The van der Waals surface area contributed by atoms with E-state index < -0.39 is 5.60 Å². The molecule has 4 heteroatoms. The number of carbonyl (C=O) groups is 1. The van der Waals surface area contributed by atoms with E-state index in [4.69, 9.17) is 4.74 Å². The molecule has 0 radical (unpaired) electrons. The first-order valence-electron chi connectivity index (χ1n) is 6.64. The Labute approximate surface area is 103 Å². The topological polar surface area (TPSA) is 49.8 Å². The van der Waals surface area contributed by atoms with E-state index in [0.29, 0.717) is 12.5 Å². The van der Waals surface area contributed by atoms with Gasteiger partial charge < -0.3 is 14.7 Å². The highest BCUT2D eigenvalue weighted by Gasteiger charge is 2.41. The molecular formula is C13H23NO3. The van der Waals surface area contributed by atoms with E-state index in [1.807, 2.05) is 18.7 Å². The van der Waals surface area contributed by atoms with Crippen LogP contribution in [0, 0.1) is 5.92 Å². The number of carbonyl (C=O) groups excluding carboxylic acids is 1. The average molecular weight is 241 g/mol. The molecule has 0 aromatic carbocycles. The summed E-state index contributed by atoms with van der Waals surface area (Å²) in [6, 6.07) is 0. The monoisotopic (exact) mass is 241 g/mol. The minimum atomic E-state index is -0.586. The number of aliphatic hydroxyl groups excluding tert-OH is 1. The summed E-state index contributed by atoms with van der Waals surface area (Å²) in [5.74, 6) is 0.482. The molecule has 2 atom stereocenters. The van der Waals surface area contributed by atoms with Gasteiger partial charge in [-0.2, -0.15) is 0 Å². The number of likely N-dealkylation sites (tertiary alicyclic amines) is 1. The van der Waals surface area contributed by atoms with Crippen LogP contribution in [0.25, 0.3) is 0 Å². The molecule has 2 rings (SSSR count). The predicted octanol–water partition coefficient (Wildman–Crippen LogP) is 1.17. The normalized spacial score (nSPS) is 32.8. The summed E-state index contributed by atoms with van der Waals surface area (Å²) in [6.07, 6.45) is 3.36. The number of nitrogens with zero attached hydrogens (tertiary/aromatic N) is 1. The maximum absolute atomic E-state index is 12.3. The lowest BCUT2D eigenvalue weighted by atomic mass is 9.91. The molecule has 0 aromatic heterocycles. The number of ether oxygens (including phenoxy) is 1. The highest BCUT2D eigenvalue weighted by molar-refractivity contribution is 5.85. The van der Waals surface area contributed by atoms with Crippen LogP contribution in [-0.4, -0.2) is 47.3 Å². The van der Waals surface area contributed by atoms with Gasteiger partial charge in [0, 0.05) is 19.7 Å². The molecule has 17 heavy (non-hydrogen) atoms. The Morgan fingerprint density at radius 1 is 1.47 bits per heavy atom. The summed E-state index contributed by atoms with van der Waals surface area (Å²) in [5, 5.41) is 9.54. The van der Waals surface area contributed by atoms with Gasteiger partial charge in [0.1, 0.15) is 5.60 Å². The standard InChI is InChI=1S/C13H23NO3/c1-10(15)11-4-7-14(8-5-11)12(16)13(2)6-3-9-17-13/h10-11,15H,3-9H2,1-2H3. The van der Waals surface area contributed by atoms with E-state index in [1.54, 1.807) is 0 Å². The number of aliphatic hydroxyl groups is 1. The summed E-state index contributed by atoms with van der Waals surface area (Å²) in [5.41, 5.74) is -0.586. The van der Waals surface area contributed by atoms with Crippen molar-refractivity contribution in [1.82, 2.24) is 4.90 Å². The molecule has 1 amide bonds. The molecule has 2 unspecified atom stereocenters. The van der Waals surface area contributed by atoms with Gasteiger partial charge in [-0.25, -0.2) is 0 Å². The van der Waals surface area contributed by atoms with Crippen molar-refractivity contribution in [1.29, 1.82) is 0 Å². The smallest absolute Gasteiger partial charge is 0.254 e. The third-order valence-electron chi connectivity index (χ3n) is 4.18. The molecule has 0 aromatic rings. The first-order valence-corrected chi connectivity index (χ1v) is 6.64. The van der Waals surface area contributed by atoms with E-state index in [-0.39, 0.29) is 12.0 Å². The van der Waals surface area contributed by atoms with Gasteiger partial charge in [-0.05, 0) is 45.4 Å². The van der Waals surface area contributed by atoms with Crippen molar-refractivity contribution in [2.45, 2.75) is 51.2 Å². The molecule has 4 nitrogen and oxygen atoms in total. The lowest BCUT2D eigenvalue weighted by Gasteiger charge is -2.37. The Hall–Kier alpha value is -0.610. The van der Waals surface area contributed by atoms with Crippen LogP contribution in [0.4, 0.5) is 0 Å². The van der Waals surface area contributed by atoms with E-state index in [0.717, 1.165) is 38.8 Å². The fourth-order valence-electron chi connectivity index (χ4n) is 2.87. The summed E-state index contributed by atoms with van der Waals surface area (Å²) in [7, 11) is 0. The molecule has 1 N–H and O–H groups in total. The van der Waals surface area contributed by atoms with Gasteiger partial charge in [-0.3, -0.25) is 4.79 Å². The SMILES string of the molecule is CC(O)C1CCN(C(=O)C2(C)CCCO2)CC1. The lowest BCUT2D eigenvalue weighted by Crippen LogP contribution is -2.50. The quantitative estimate of drug-likeness (QED) is 0.789. The van der Waals surface area contributed by atoms with Gasteiger partial charge in [0.05, 0.1) is 6.10 Å². The van der Waals surface area contributed by atoms with Crippen LogP contribution in [0.5, 0.6) is 0 Å². The molecule has 2 aliphatic heterocycles. The van der Waals surface area contributed by atoms with E-state index >= 15 is 0 Å². The van der Waals surface area contributed by atoms with Crippen molar-refractivity contribution in [3.05, 3.63) is 0 Å². The second-order valence-corrected chi connectivity index (χ2v) is 5.55. The Balaban J connectivity index is 1.90. The Morgan fingerprint density at radius 2 is 2.12 bits per heavy atom. The molecule has 0 saturated carbocycles. The highest BCUT2D eigenvalue weighted by Crippen LogP contribution is 2.29. The maximum atomic E-state index is 12.3. The van der Waals surface area contributed by atoms with Gasteiger partial charge in [0.25, 0.3) is 5.91 Å². The summed E-state index contributed by atoms with van der Waals surface area (Å²) in [6.45, 7) is 5.96. The predicted molar refractivity (Wildman–Crippen MR) is 64.6 cm³/mol. The molecule has 0 spiro atoms. The van der Waals surface area contributed by atoms with Crippen molar-refractivity contribution in [3.63, 3.8) is 0 Å². The van der Waals surface area contributed by atoms with E-state index in [9.17, 15) is 9.90 Å². The second-order valence-electron chi connectivity index (χ2n) is 5.55. The third-order valence-corrected chi connectivity index (χ3v) is 4.18. The molecule has 2 fully saturated rings. The average Bonchev–Trinajstić information content (AvgIpc) is 2.76. The van der Waals surface area contributed by atoms with Gasteiger partial charge in [0.15, 0.2) is 0 Å². The lowest BCUT2D eigenvalue weighted by molar-refractivity contribution is -0.152. The fraction of sp³-hybridized carbons (Fsp3) is 0.923. The van der Waals surface area contributed by atoms with Crippen LogP contribution in [0.3, 0.4) is 0 Å². The zero-order valence-electron chi connectivity index (χ0n) is 10.8. The van der Waals surface area contributed by atoms with Crippen LogP contribution in [0.1, 0.15) is 39.5 Å². The van der Waals surface area contributed by atoms with Gasteiger partial charge in [-0.15, -0.1) is 0 Å². The van der Waals surface area contributed by atoms with Gasteiger partial charge >= 0.3 is 0 Å². The maximum Gasteiger partial charge on any atom is 0.254 e. The van der Waals surface area contributed by atoms with Crippen molar-refractivity contribution >= 4 is 5.91 Å². The largest absolute Gasteiger partial charge is 0.393 e.